The van der Waals surface area contributed by atoms with E-state index in [1.807, 2.05) is 30.3 Å². The number of halogens is 2. The summed E-state index contributed by atoms with van der Waals surface area (Å²) in [5.74, 6) is 0.748. The zero-order chi connectivity index (χ0) is 17.8. The number of furan rings is 1. The topological polar surface area (TPSA) is 39.4 Å². The molecule has 3 aromatic rings. The van der Waals surface area contributed by atoms with Crippen LogP contribution in [-0.2, 0) is 6.42 Å². The molecule has 25 heavy (non-hydrogen) atoms. The Labute approximate surface area is 150 Å². The van der Waals surface area contributed by atoms with Crippen LogP contribution in [0.2, 0.25) is 5.02 Å². The third-order valence-corrected chi connectivity index (χ3v) is 4.20. The summed E-state index contributed by atoms with van der Waals surface area (Å²) in [5.41, 5.74) is 1.12. The van der Waals surface area contributed by atoms with Crippen molar-refractivity contribution >= 4 is 17.4 Å². The second kappa shape index (κ2) is 7.53. The third-order valence-electron chi connectivity index (χ3n) is 3.87. The molecule has 0 spiro atoms. The van der Waals surface area contributed by atoms with Crippen molar-refractivity contribution in [1.82, 2.24) is 0 Å². The minimum absolute atomic E-state index is 0.118. The number of carbonyl (C=O) groups is 1. The summed E-state index contributed by atoms with van der Waals surface area (Å²) in [6.45, 7) is 0. The highest BCUT2D eigenvalue weighted by atomic mass is 35.5. The van der Waals surface area contributed by atoms with Crippen LogP contribution in [0.1, 0.15) is 22.5 Å². The van der Waals surface area contributed by atoms with Gasteiger partial charge >= 0.3 is 0 Å². The Morgan fingerprint density at radius 3 is 2.68 bits per heavy atom. The number of aryl methyl sites for hydroxylation is 1. The number of rotatable bonds is 6. The van der Waals surface area contributed by atoms with Crippen LogP contribution >= 0.6 is 11.6 Å². The van der Waals surface area contributed by atoms with E-state index in [2.05, 4.69) is 0 Å². The minimum Gasteiger partial charge on any atom is -0.494 e. The highest BCUT2D eigenvalue weighted by Gasteiger charge is 2.13. The van der Waals surface area contributed by atoms with E-state index in [0.29, 0.717) is 28.5 Å². The van der Waals surface area contributed by atoms with Gasteiger partial charge in [-0.2, -0.15) is 0 Å². The maximum absolute atomic E-state index is 13.7. The van der Waals surface area contributed by atoms with E-state index in [1.165, 1.54) is 19.2 Å². The lowest BCUT2D eigenvalue weighted by Gasteiger charge is -2.04. The smallest absolute Gasteiger partial charge is 0.165 e. The van der Waals surface area contributed by atoms with E-state index in [9.17, 15) is 9.18 Å². The summed E-state index contributed by atoms with van der Waals surface area (Å²) in [5, 5.41) is 0.605. The zero-order valence-corrected chi connectivity index (χ0v) is 14.3. The fourth-order valence-corrected chi connectivity index (χ4v) is 2.77. The van der Waals surface area contributed by atoms with Crippen molar-refractivity contribution in [1.29, 1.82) is 0 Å². The molecular weight excluding hydrogens is 343 g/mol. The van der Waals surface area contributed by atoms with E-state index in [0.717, 1.165) is 5.56 Å². The predicted molar refractivity (Wildman–Crippen MR) is 94.8 cm³/mol. The first-order valence-corrected chi connectivity index (χ1v) is 8.16. The van der Waals surface area contributed by atoms with Crippen molar-refractivity contribution in [2.75, 3.05) is 7.11 Å². The van der Waals surface area contributed by atoms with E-state index in [-0.39, 0.29) is 18.0 Å². The molecule has 0 saturated heterocycles. The molecule has 3 rings (SSSR count). The van der Waals surface area contributed by atoms with E-state index in [4.69, 9.17) is 20.8 Å². The average Bonchev–Trinajstić information content (AvgIpc) is 3.08. The molecule has 0 unspecified atom stereocenters. The number of ketones is 1. The highest BCUT2D eigenvalue weighted by molar-refractivity contribution is 6.33. The molecule has 2 aromatic carbocycles. The van der Waals surface area contributed by atoms with Gasteiger partial charge < -0.3 is 9.15 Å². The molecule has 1 heterocycles. The quantitative estimate of drug-likeness (QED) is 0.541. The maximum atomic E-state index is 13.7. The van der Waals surface area contributed by atoms with Crippen molar-refractivity contribution in [3.8, 4) is 17.1 Å². The van der Waals surface area contributed by atoms with Crippen LogP contribution in [0.3, 0.4) is 0 Å². The molecule has 0 atom stereocenters. The number of ether oxygens (including phenoxy) is 1. The first kappa shape index (κ1) is 17.2. The number of carbonyl (C=O) groups excluding carboxylic acids is 1. The Hall–Kier alpha value is -2.59. The van der Waals surface area contributed by atoms with Gasteiger partial charge in [0.15, 0.2) is 17.3 Å². The molecule has 0 aliphatic rings. The monoisotopic (exact) mass is 358 g/mol. The van der Waals surface area contributed by atoms with Crippen LogP contribution in [-0.4, -0.2) is 12.9 Å². The molecule has 5 heteroatoms. The van der Waals surface area contributed by atoms with Gasteiger partial charge in [-0.3, -0.25) is 4.79 Å². The maximum Gasteiger partial charge on any atom is 0.165 e. The number of methoxy groups -OCH3 is 1. The van der Waals surface area contributed by atoms with Crippen LogP contribution in [0.4, 0.5) is 4.39 Å². The Balaban J connectivity index is 1.67. The molecule has 0 saturated carbocycles. The normalized spacial score (nSPS) is 10.7. The van der Waals surface area contributed by atoms with Crippen LogP contribution in [0, 0.1) is 5.82 Å². The molecule has 128 valence electrons. The summed E-state index contributed by atoms with van der Waals surface area (Å²) < 4.78 is 24.3. The van der Waals surface area contributed by atoms with Crippen LogP contribution < -0.4 is 4.74 Å². The number of Topliss-reactive ketones (excluding diaryl/α,β-unsaturated/α-hetero) is 1. The standard InChI is InChI=1S/C20H16ClFO3/c1-24-20-10-6-13(12-17(20)22)18(23)9-7-14-8-11-19(25-14)15-4-2-3-5-16(15)21/h2-6,8,10-12H,7,9H2,1H3. The fraction of sp³-hybridized carbons (Fsp3) is 0.150. The summed E-state index contributed by atoms with van der Waals surface area (Å²) >= 11 is 6.16. The highest BCUT2D eigenvalue weighted by Crippen LogP contribution is 2.29. The SMILES string of the molecule is COc1ccc(C(=O)CCc2ccc(-c3ccccc3Cl)o2)cc1F. The largest absolute Gasteiger partial charge is 0.494 e. The van der Waals surface area contributed by atoms with Gasteiger partial charge in [0.2, 0.25) is 0 Å². The lowest BCUT2D eigenvalue weighted by atomic mass is 10.1. The van der Waals surface area contributed by atoms with Gasteiger partial charge in [0, 0.05) is 24.0 Å². The van der Waals surface area contributed by atoms with E-state index < -0.39 is 5.82 Å². The molecule has 1 aromatic heterocycles. The first-order chi connectivity index (χ1) is 12.1. The zero-order valence-electron chi connectivity index (χ0n) is 13.6. The molecule has 0 N–H and O–H groups in total. The van der Waals surface area contributed by atoms with Gasteiger partial charge in [-0.15, -0.1) is 0 Å². The van der Waals surface area contributed by atoms with Crippen molar-refractivity contribution in [3.63, 3.8) is 0 Å². The molecule has 3 nitrogen and oxygen atoms in total. The number of benzene rings is 2. The Morgan fingerprint density at radius 2 is 1.96 bits per heavy atom. The van der Waals surface area contributed by atoms with Gasteiger partial charge in [-0.05, 0) is 42.5 Å². The molecular formula is C20H16ClFO3. The molecule has 0 amide bonds. The molecule has 0 aliphatic heterocycles. The van der Waals surface area contributed by atoms with Crippen molar-refractivity contribution in [2.24, 2.45) is 0 Å². The summed E-state index contributed by atoms with van der Waals surface area (Å²) in [6, 6.07) is 15.2. The van der Waals surface area contributed by atoms with Gasteiger partial charge in [-0.1, -0.05) is 23.7 Å². The van der Waals surface area contributed by atoms with Gasteiger partial charge in [0.25, 0.3) is 0 Å². The van der Waals surface area contributed by atoms with Crippen LogP contribution in [0.5, 0.6) is 5.75 Å². The van der Waals surface area contributed by atoms with Crippen LogP contribution in [0.15, 0.2) is 59.0 Å². The van der Waals surface area contributed by atoms with Gasteiger partial charge in [-0.25, -0.2) is 4.39 Å². The first-order valence-electron chi connectivity index (χ1n) is 7.79. The van der Waals surface area contributed by atoms with Crippen molar-refractivity contribution in [3.05, 3.63) is 76.8 Å². The summed E-state index contributed by atoms with van der Waals surface area (Å²) in [4.78, 5) is 12.2. The lowest BCUT2D eigenvalue weighted by molar-refractivity contribution is 0.0980. The second-order valence-electron chi connectivity index (χ2n) is 5.52. The molecule has 0 radical (unpaired) electrons. The lowest BCUT2D eigenvalue weighted by Crippen LogP contribution is -2.02. The van der Waals surface area contributed by atoms with E-state index >= 15 is 0 Å². The predicted octanol–water partition coefficient (Wildman–Crippen LogP) is 5.56. The van der Waals surface area contributed by atoms with Crippen molar-refractivity contribution in [2.45, 2.75) is 12.8 Å². The van der Waals surface area contributed by atoms with Crippen LogP contribution in [0.25, 0.3) is 11.3 Å². The van der Waals surface area contributed by atoms with Gasteiger partial charge in [0.05, 0.1) is 12.1 Å². The molecule has 0 aliphatic carbocycles. The third kappa shape index (κ3) is 3.91. The van der Waals surface area contributed by atoms with E-state index in [1.54, 1.807) is 12.1 Å². The number of hydrogen-bond donors (Lipinski definition) is 0. The van der Waals surface area contributed by atoms with Gasteiger partial charge in [0.1, 0.15) is 11.5 Å². The fourth-order valence-electron chi connectivity index (χ4n) is 2.54. The molecule has 0 fully saturated rings. The Kier molecular flexibility index (Phi) is 5.19. The summed E-state index contributed by atoms with van der Waals surface area (Å²) in [7, 11) is 1.38. The Morgan fingerprint density at radius 1 is 1.16 bits per heavy atom. The minimum atomic E-state index is -0.549. The number of hydrogen-bond acceptors (Lipinski definition) is 3. The van der Waals surface area contributed by atoms with Crippen molar-refractivity contribution < 1.29 is 18.3 Å². The summed E-state index contributed by atoms with van der Waals surface area (Å²) in [6.07, 6.45) is 0.651. The average molecular weight is 359 g/mol. The Bertz CT molecular complexity index is 901. The second-order valence-corrected chi connectivity index (χ2v) is 5.93. The molecule has 0 bridgehead atoms.